The van der Waals surface area contributed by atoms with Crippen LogP contribution < -0.4 is 0 Å². The SMILES string of the molecule is CC(=O)C(C)N(C)C(C)CC(=O)CC(O)/C=C(\C)Br. The van der Waals surface area contributed by atoms with Crippen molar-refractivity contribution >= 4 is 27.5 Å². The molecule has 0 amide bonds. The van der Waals surface area contributed by atoms with E-state index in [9.17, 15) is 14.7 Å². The molecule has 0 radical (unpaired) electrons. The summed E-state index contributed by atoms with van der Waals surface area (Å²) >= 11 is 3.22. The highest BCUT2D eigenvalue weighted by molar-refractivity contribution is 9.11. The van der Waals surface area contributed by atoms with Crippen molar-refractivity contribution in [2.45, 2.75) is 58.7 Å². The summed E-state index contributed by atoms with van der Waals surface area (Å²) in [4.78, 5) is 25.0. The molecule has 0 rings (SSSR count). The minimum atomic E-state index is -0.755. The second-order valence-electron chi connectivity index (χ2n) is 5.07. The molecule has 0 aromatic heterocycles. The number of hydrogen-bond acceptors (Lipinski definition) is 4. The first-order valence-electron chi connectivity index (χ1n) is 6.41. The molecule has 0 bridgehead atoms. The van der Waals surface area contributed by atoms with Crippen LogP contribution in [0.4, 0.5) is 0 Å². The van der Waals surface area contributed by atoms with Crippen molar-refractivity contribution < 1.29 is 14.7 Å². The Morgan fingerprint density at radius 3 is 2.21 bits per heavy atom. The first kappa shape index (κ1) is 18.5. The van der Waals surface area contributed by atoms with Crippen molar-refractivity contribution in [1.29, 1.82) is 0 Å². The molecule has 5 heteroatoms. The number of aliphatic hydroxyl groups excluding tert-OH is 1. The summed E-state index contributed by atoms with van der Waals surface area (Å²) in [7, 11) is 1.84. The number of Topliss-reactive ketones (excluding diaryl/α,β-unsaturated/α-hetero) is 2. The Balaban J connectivity index is 4.33. The van der Waals surface area contributed by atoms with E-state index in [1.807, 2.05) is 25.8 Å². The van der Waals surface area contributed by atoms with E-state index in [2.05, 4.69) is 15.9 Å². The molecule has 0 heterocycles. The standard InChI is InChI=1S/C14H24BrNO3/c1-9(15)6-13(18)8-14(19)7-10(2)16(5)11(3)12(4)17/h6,10-11,13,18H,7-8H2,1-5H3/b9-6+. The fourth-order valence-corrected chi connectivity index (χ4v) is 2.09. The van der Waals surface area contributed by atoms with Crippen molar-refractivity contribution in [2.75, 3.05) is 7.05 Å². The molecule has 0 aliphatic carbocycles. The van der Waals surface area contributed by atoms with E-state index in [1.165, 1.54) is 0 Å². The third kappa shape index (κ3) is 7.60. The molecule has 1 N–H and O–H groups in total. The topological polar surface area (TPSA) is 57.6 Å². The van der Waals surface area contributed by atoms with E-state index >= 15 is 0 Å². The lowest BCUT2D eigenvalue weighted by Gasteiger charge is -2.28. The average molecular weight is 334 g/mol. The molecular weight excluding hydrogens is 310 g/mol. The van der Waals surface area contributed by atoms with Gasteiger partial charge in [0, 0.05) is 18.9 Å². The Bertz CT molecular complexity index is 351. The fourth-order valence-electron chi connectivity index (χ4n) is 1.78. The third-order valence-electron chi connectivity index (χ3n) is 3.28. The predicted octanol–water partition coefficient (Wildman–Crippen LogP) is 2.29. The van der Waals surface area contributed by atoms with Crippen LogP contribution in [0.2, 0.25) is 0 Å². The zero-order chi connectivity index (χ0) is 15.2. The zero-order valence-electron chi connectivity index (χ0n) is 12.3. The van der Waals surface area contributed by atoms with Gasteiger partial charge in [-0.05, 0) is 45.3 Å². The lowest BCUT2D eigenvalue weighted by molar-refractivity contribution is -0.125. The number of aliphatic hydroxyl groups is 1. The van der Waals surface area contributed by atoms with Crippen molar-refractivity contribution in [3.63, 3.8) is 0 Å². The normalized spacial score (nSPS) is 17.2. The van der Waals surface area contributed by atoms with E-state index in [0.29, 0.717) is 6.42 Å². The summed E-state index contributed by atoms with van der Waals surface area (Å²) in [5, 5.41) is 9.64. The second kappa shape index (κ2) is 8.61. The Labute approximate surface area is 124 Å². The minimum absolute atomic E-state index is 0.00685. The van der Waals surface area contributed by atoms with Crippen molar-refractivity contribution in [1.82, 2.24) is 4.90 Å². The number of nitrogens with zero attached hydrogens (tertiary/aromatic N) is 1. The van der Waals surface area contributed by atoms with Crippen LogP contribution in [0.5, 0.6) is 0 Å². The van der Waals surface area contributed by atoms with Crippen LogP contribution >= 0.6 is 15.9 Å². The number of allylic oxidation sites excluding steroid dienone is 1. The summed E-state index contributed by atoms with van der Waals surface area (Å²) in [6, 6.07) is -0.218. The van der Waals surface area contributed by atoms with Gasteiger partial charge in [-0.15, -0.1) is 0 Å². The van der Waals surface area contributed by atoms with Gasteiger partial charge in [0.2, 0.25) is 0 Å². The zero-order valence-corrected chi connectivity index (χ0v) is 13.9. The Morgan fingerprint density at radius 2 is 1.79 bits per heavy atom. The van der Waals surface area contributed by atoms with Gasteiger partial charge in [-0.1, -0.05) is 15.9 Å². The molecular formula is C14H24BrNO3. The lowest BCUT2D eigenvalue weighted by atomic mass is 10.0. The summed E-state index contributed by atoms with van der Waals surface area (Å²) < 4.78 is 0.808. The van der Waals surface area contributed by atoms with Crippen molar-refractivity contribution in [2.24, 2.45) is 0 Å². The Hall–Kier alpha value is -0.520. The molecule has 3 atom stereocenters. The largest absolute Gasteiger partial charge is 0.389 e. The van der Waals surface area contributed by atoms with Gasteiger partial charge >= 0.3 is 0 Å². The predicted molar refractivity (Wildman–Crippen MR) is 80.3 cm³/mol. The first-order chi connectivity index (χ1) is 8.65. The van der Waals surface area contributed by atoms with Crippen LogP contribution in [0.15, 0.2) is 10.6 Å². The van der Waals surface area contributed by atoms with Gasteiger partial charge in [-0.25, -0.2) is 0 Å². The minimum Gasteiger partial charge on any atom is -0.389 e. The van der Waals surface area contributed by atoms with Gasteiger partial charge in [0.1, 0.15) is 11.6 Å². The Morgan fingerprint density at radius 1 is 1.26 bits per heavy atom. The van der Waals surface area contributed by atoms with E-state index in [0.717, 1.165) is 4.48 Å². The molecule has 0 saturated heterocycles. The molecule has 0 aromatic rings. The molecule has 3 unspecified atom stereocenters. The quantitative estimate of drug-likeness (QED) is 0.740. The van der Waals surface area contributed by atoms with Gasteiger partial charge in [0.15, 0.2) is 0 Å². The Kier molecular flexibility index (Phi) is 8.38. The molecule has 19 heavy (non-hydrogen) atoms. The summed E-state index contributed by atoms with van der Waals surface area (Å²) in [5.41, 5.74) is 0. The van der Waals surface area contributed by atoms with Crippen LogP contribution in [0, 0.1) is 0 Å². The van der Waals surface area contributed by atoms with Gasteiger partial charge in [-0.2, -0.15) is 0 Å². The average Bonchev–Trinajstić information content (AvgIpc) is 2.24. The summed E-state index contributed by atoms with van der Waals surface area (Å²) in [6.45, 7) is 7.09. The fraction of sp³-hybridized carbons (Fsp3) is 0.714. The molecule has 0 fully saturated rings. The van der Waals surface area contributed by atoms with Crippen LogP contribution in [0.3, 0.4) is 0 Å². The third-order valence-corrected chi connectivity index (χ3v) is 3.54. The monoisotopic (exact) mass is 333 g/mol. The maximum absolute atomic E-state index is 11.8. The first-order valence-corrected chi connectivity index (χ1v) is 7.20. The maximum Gasteiger partial charge on any atom is 0.146 e. The number of hydrogen-bond donors (Lipinski definition) is 1. The smallest absolute Gasteiger partial charge is 0.146 e. The van der Waals surface area contributed by atoms with Gasteiger partial charge < -0.3 is 5.11 Å². The number of halogens is 1. The number of rotatable bonds is 8. The van der Waals surface area contributed by atoms with Gasteiger partial charge in [0.05, 0.1) is 12.1 Å². The molecule has 0 aromatic carbocycles. The maximum atomic E-state index is 11.8. The van der Waals surface area contributed by atoms with E-state index < -0.39 is 6.10 Å². The highest BCUT2D eigenvalue weighted by atomic mass is 79.9. The number of likely N-dealkylation sites (N-methyl/N-ethyl adjacent to an activating group) is 1. The number of carbonyl (C=O) groups excluding carboxylic acids is 2. The molecule has 0 spiro atoms. The van der Waals surface area contributed by atoms with E-state index in [4.69, 9.17) is 0 Å². The molecule has 4 nitrogen and oxygen atoms in total. The number of ketones is 2. The molecule has 0 saturated carbocycles. The van der Waals surface area contributed by atoms with Crippen LogP contribution in [-0.4, -0.2) is 46.8 Å². The lowest BCUT2D eigenvalue weighted by Crippen LogP contribution is -2.41. The molecule has 0 aliphatic heterocycles. The van der Waals surface area contributed by atoms with Gasteiger partial charge in [-0.3, -0.25) is 14.5 Å². The molecule has 110 valence electrons. The second-order valence-corrected chi connectivity index (χ2v) is 6.32. The van der Waals surface area contributed by atoms with Gasteiger partial charge in [0.25, 0.3) is 0 Å². The van der Waals surface area contributed by atoms with Crippen LogP contribution in [0.1, 0.15) is 40.5 Å². The highest BCUT2D eigenvalue weighted by Crippen LogP contribution is 2.11. The summed E-state index contributed by atoms with van der Waals surface area (Å²) in [5.74, 6) is 0.0762. The van der Waals surface area contributed by atoms with E-state index in [-0.39, 0.29) is 30.1 Å². The molecule has 0 aliphatic rings. The number of carbonyl (C=O) groups is 2. The van der Waals surface area contributed by atoms with E-state index in [1.54, 1.807) is 19.9 Å². The highest BCUT2D eigenvalue weighted by Gasteiger charge is 2.21. The van der Waals surface area contributed by atoms with Crippen molar-refractivity contribution in [3.05, 3.63) is 10.6 Å². The van der Waals surface area contributed by atoms with Crippen LogP contribution in [0.25, 0.3) is 0 Å². The van der Waals surface area contributed by atoms with Crippen molar-refractivity contribution in [3.8, 4) is 0 Å². The summed E-state index contributed by atoms with van der Waals surface area (Å²) in [6.07, 6.45) is 1.29. The van der Waals surface area contributed by atoms with Crippen LogP contribution in [-0.2, 0) is 9.59 Å².